The molecule has 21 heavy (non-hydrogen) atoms. The van der Waals surface area contributed by atoms with Gasteiger partial charge in [-0.3, -0.25) is 4.79 Å². The van der Waals surface area contributed by atoms with Gasteiger partial charge in [-0.15, -0.1) is 23.1 Å². The molecule has 0 aliphatic rings. The second kappa shape index (κ2) is 5.82. The van der Waals surface area contributed by atoms with Crippen LogP contribution in [0.5, 0.6) is 0 Å². The van der Waals surface area contributed by atoms with E-state index >= 15 is 0 Å². The number of halogens is 1. The standard InChI is InChI=1S/C13H13ClN4OS2/c1-3-8-4-12(19)18-11(5-10(16-18)20-2)17(8)7-9-6-15-13(14)21-9/h4-6H,3,7H2,1-2H3. The molecule has 3 aromatic rings. The predicted molar refractivity (Wildman–Crippen MR) is 86.8 cm³/mol. The van der Waals surface area contributed by atoms with E-state index in [9.17, 15) is 4.79 Å². The molecule has 0 saturated heterocycles. The molecule has 0 N–H and O–H groups in total. The summed E-state index contributed by atoms with van der Waals surface area (Å²) in [6.07, 6.45) is 4.49. The van der Waals surface area contributed by atoms with Crippen LogP contribution in [0.25, 0.3) is 5.65 Å². The van der Waals surface area contributed by atoms with Gasteiger partial charge in [-0.2, -0.15) is 9.61 Å². The van der Waals surface area contributed by atoms with E-state index in [4.69, 9.17) is 11.6 Å². The second-order valence-electron chi connectivity index (χ2n) is 4.45. The van der Waals surface area contributed by atoms with E-state index in [2.05, 4.69) is 14.6 Å². The zero-order chi connectivity index (χ0) is 15.0. The maximum Gasteiger partial charge on any atom is 0.274 e. The van der Waals surface area contributed by atoms with Crippen LogP contribution in [0.1, 0.15) is 17.5 Å². The molecule has 110 valence electrons. The summed E-state index contributed by atoms with van der Waals surface area (Å²) in [4.78, 5) is 17.3. The average Bonchev–Trinajstić information content (AvgIpc) is 3.08. The van der Waals surface area contributed by atoms with Crippen LogP contribution in [0.4, 0.5) is 0 Å². The lowest BCUT2D eigenvalue weighted by Crippen LogP contribution is -2.21. The Morgan fingerprint density at radius 2 is 2.24 bits per heavy atom. The highest BCUT2D eigenvalue weighted by Gasteiger charge is 2.12. The van der Waals surface area contributed by atoms with Gasteiger partial charge in [-0.1, -0.05) is 18.5 Å². The Morgan fingerprint density at radius 3 is 2.86 bits per heavy atom. The van der Waals surface area contributed by atoms with Gasteiger partial charge in [0.1, 0.15) is 10.7 Å². The van der Waals surface area contributed by atoms with Crippen LogP contribution >= 0.6 is 34.7 Å². The monoisotopic (exact) mass is 340 g/mol. The third kappa shape index (κ3) is 2.73. The molecule has 0 amide bonds. The van der Waals surface area contributed by atoms with E-state index < -0.39 is 0 Å². The quantitative estimate of drug-likeness (QED) is 0.685. The number of thiazole rings is 1. The molecule has 3 rings (SSSR count). The Balaban J connectivity index is 2.20. The van der Waals surface area contributed by atoms with Crippen molar-refractivity contribution < 1.29 is 0 Å². The highest BCUT2D eigenvalue weighted by atomic mass is 35.5. The Kier molecular flexibility index (Phi) is 4.05. The molecule has 0 fully saturated rings. The summed E-state index contributed by atoms with van der Waals surface area (Å²) >= 11 is 8.87. The van der Waals surface area contributed by atoms with E-state index in [0.717, 1.165) is 27.7 Å². The number of fused-ring (bicyclic) bond motifs is 1. The maximum atomic E-state index is 12.1. The second-order valence-corrected chi connectivity index (χ2v) is 6.97. The molecule has 0 aliphatic heterocycles. The lowest BCUT2D eigenvalue weighted by atomic mass is 10.3. The number of aromatic nitrogens is 4. The molecule has 0 atom stereocenters. The normalized spacial score (nSPS) is 11.4. The topological polar surface area (TPSA) is 52.2 Å². The van der Waals surface area contributed by atoms with Crippen molar-refractivity contribution in [3.8, 4) is 0 Å². The number of nitrogens with zero attached hydrogens (tertiary/aromatic N) is 4. The summed E-state index contributed by atoms with van der Waals surface area (Å²) in [6.45, 7) is 2.67. The summed E-state index contributed by atoms with van der Waals surface area (Å²) < 4.78 is 4.07. The molecule has 8 heteroatoms. The van der Waals surface area contributed by atoms with Crippen LogP contribution in [0.15, 0.2) is 28.2 Å². The Bertz CT molecular complexity index is 852. The van der Waals surface area contributed by atoms with Gasteiger partial charge in [0, 0.05) is 28.9 Å². The lowest BCUT2D eigenvalue weighted by molar-refractivity contribution is 0.718. The first-order valence-corrected chi connectivity index (χ1v) is 8.81. The molecule has 0 saturated carbocycles. The lowest BCUT2D eigenvalue weighted by Gasteiger charge is -2.12. The third-order valence-corrected chi connectivity index (χ3v) is 4.92. The van der Waals surface area contributed by atoms with Crippen molar-refractivity contribution in [1.82, 2.24) is 19.2 Å². The Hall–Kier alpha value is -1.31. The largest absolute Gasteiger partial charge is 0.324 e. The molecule has 0 aliphatic carbocycles. The number of hydrogen-bond acceptors (Lipinski definition) is 5. The fourth-order valence-electron chi connectivity index (χ4n) is 2.22. The van der Waals surface area contributed by atoms with E-state index in [1.54, 1.807) is 12.3 Å². The van der Waals surface area contributed by atoms with Gasteiger partial charge in [-0.05, 0) is 12.7 Å². The molecule has 5 nitrogen and oxygen atoms in total. The highest BCUT2D eigenvalue weighted by molar-refractivity contribution is 7.98. The summed E-state index contributed by atoms with van der Waals surface area (Å²) in [5.41, 5.74) is 1.68. The van der Waals surface area contributed by atoms with E-state index in [0.29, 0.717) is 11.0 Å². The van der Waals surface area contributed by atoms with Crippen LogP contribution in [-0.4, -0.2) is 25.4 Å². The van der Waals surface area contributed by atoms with Gasteiger partial charge < -0.3 is 4.57 Å². The van der Waals surface area contributed by atoms with E-state index in [1.165, 1.54) is 27.6 Å². The van der Waals surface area contributed by atoms with Gasteiger partial charge in [-0.25, -0.2) is 4.98 Å². The molecule has 3 aromatic heterocycles. The first-order valence-electron chi connectivity index (χ1n) is 6.39. The first kappa shape index (κ1) is 14.6. The SMILES string of the molecule is CCc1cc(=O)n2nc(SC)cc2n1Cc1cnc(Cl)s1. The Labute approximate surface area is 134 Å². The van der Waals surface area contributed by atoms with Crippen molar-refractivity contribution in [1.29, 1.82) is 0 Å². The number of rotatable bonds is 4. The van der Waals surface area contributed by atoms with Gasteiger partial charge in [0.15, 0.2) is 4.47 Å². The zero-order valence-corrected chi connectivity index (χ0v) is 13.9. The van der Waals surface area contributed by atoms with Crippen LogP contribution in [0, 0.1) is 0 Å². The number of aryl methyl sites for hydroxylation is 1. The molecule has 0 radical (unpaired) electrons. The summed E-state index contributed by atoms with van der Waals surface area (Å²) in [5, 5.41) is 5.15. The smallest absolute Gasteiger partial charge is 0.274 e. The fourth-order valence-corrected chi connectivity index (χ4v) is 3.57. The minimum absolute atomic E-state index is 0.0965. The number of hydrogen-bond donors (Lipinski definition) is 0. The summed E-state index contributed by atoms with van der Waals surface area (Å²) in [6, 6.07) is 3.58. The number of thioether (sulfide) groups is 1. The van der Waals surface area contributed by atoms with E-state index in [-0.39, 0.29) is 5.56 Å². The maximum absolute atomic E-state index is 12.1. The van der Waals surface area contributed by atoms with Crippen molar-refractivity contribution in [2.45, 2.75) is 24.9 Å². The van der Waals surface area contributed by atoms with Crippen molar-refractivity contribution in [3.63, 3.8) is 0 Å². The highest BCUT2D eigenvalue weighted by Crippen LogP contribution is 2.22. The van der Waals surface area contributed by atoms with Gasteiger partial charge in [0.2, 0.25) is 0 Å². The third-order valence-electron chi connectivity index (χ3n) is 3.20. The van der Waals surface area contributed by atoms with Crippen molar-refractivity contribution in [3.05, 3.63) is 43.7 Å². The molecule has 0 spiro atoms. The Morgan fingerprint density at radius 1 is 1.43 bits per heavy atom. The minimum atomic E-state index is -0.0965. The van der Waals surface area contributed by atoms with Crippen molar-refractivity contribution in [2.24, 2.45) is 0 Å². The van der Waals surface area contributed by atoms with Crippen LogP contribution in [0.3, 0.4) is 0 Å². The summed E-state index contributed by atoms with van der Waals surface area (Å²) in [5.74, 6) is 0. The molecule has 3 heterocycles. The van der Waals surface area contributed by atoms with Crippen molar-refractivity contribution >= 4 is 40.3 Å². The molecule has 0 bridgehead atoms. The summed E-state index contributed by atoms with van der Waals surface area (Å²) in [7, 11) is 0. The molecular weight excluding hydrogens is 328 g/mol. The fraction of sp³-hybridized carbons (Fsp3) is 0.308. The first-order chi connectivity index (χ1) is 10.1. The molecule has 0 aromatic carbocycles. The van der Waals surface area contributed by atoms with Gasteiger partial charge >= 0.3 is 0 Å². The zero-order valence-electron chi connectivity index (χ0n) is 11.5. The van der Waals surface area contributed by atoms with E-state index in [1.807, 2.05) is 19.2 Å². The van der Waals surface area contributed by atoms with Gasteiger partial charge in [0.05, 0.1) is 6.54 Å². The van der Waals surface area contributed by atoms with Crippen LogP contribution in [-0.2, 0) is 13.0 Å². The predicted octanol–water partition coefficient (Wildman–Crippen LogP) is 2.94. The van der Waals surface area contributed by atoms with Crippen LogP contribution < -0.4 is 5.56 Å². The van der Waals surface area contributed by atoms with Crippen LogP contribution in [0.2, 0.25) is 4.47 Å². The molecule has 0 unspecified atom stereocenters. The average molecular weight is 341 g/mol. The van der Waals surface area contributed by atoms with Gasteiger partial charge in [0.25, 0.3) is 5.56 Å². The molecular formula is C13H13ClN4OS2. The minimum Gasteiger partial charge on any atom is -0.324 e. The van der Waals surface area contributed by atoms with Crippen molar-refractivity contribution in [2.75, 3.05) is 6.26 Å².